The highest BCUT2D eigenvalue weighted by molar-refractivity contribution is 8.00. The van der Waals surface area contributed by atoms with Crippen LogP contribution in [0.1, 0.15) is 10.4 Å². The Labute approximate surface area is 150 Å². The molecule has 0 spiro atoms. The predicted molar refractivity (Wildman–Crippen MR) is 101 cm³/mol. The van der Waals surface area contributed by atoms with E-state index in [1.165, 1.54) is 11.8 Å². The van der Waals surface area contributed by atoms with Gasteiger partial charge in [0.05, 0.1) is 5.75 Å². The van der Waals surface area contributed by atoms with E-state index in [1.54, 1.807) is 12.1 Å². The Kier molecular flexibility index (Phi) is 5.40. The van der Waals surface area contributed by atoms with E-state index in [9.17, 15) is 9.59 Å². The number of rotatable bonds is 7. The SMILES string of the molecule is NC(=O)CSc1cn(CCNC(=O)c2ccccc2)c2ccccc12. The van der Waals surface area contributed by atoms with Crippen molar-refractivity contribution in [2.24, 2.45) is 5.73 Å². The Bertz CT molecular complexity index is 890. The standard InChI is InChI=1S/C19H19N3O2S/c20-18(23)13-25-17-12-22(16-9-5-4-8-15(16)17)11-10-21-19(24)14-6-2-1-3-7-14/h1-9,12H,10-11,13H2,(H2,20,23)(H,21,24). The second-order valence-electron chi connectivity index (χ2n) is 5.58. The number of carbonyl (C=O) groups is 2. The summed E-state index contributed by atoms with van der Waals surface area (Å²) in [5.74, 6) is -0.170. The zero-order chi connectivity index (χ0) is 17.6. The molecule has 128 valence electrons. The number of amides is 2. The van der Waals surface area contributed by atoms with Crippen LogP contribution in [0.5, 0.6) is 0 Å². The maximum Gasteiger partial charge on any atom is 0.251 e. The van der Waals surface area contributed by atoms with Crippen LogP contribution in [-0.4, -0.2) is 28.7 Å². The fourth-order valence-electron chi connectivity index (χ4n) is 2.64. The molecule has 0 aliphatic rings. The maximum absolute atomic E-state index is 12.1. The fourth-order valence-corrected chi connectivity index (χ4v) is 3.47. The Morgan fingerprint density at radius 2 is 1.76 bits per heavy atom. The minimum atomic E-state index is -0.336. The Hall–Kier alpha value is -2.73. The molecule has 0 aliphatic carbocycles. The number of nitrogens with two attached hydrogens (primary N) is 1. The van der Waals surface area contributed by atoms with Gasteiger partial charge in [0.1, 0.15) is 0 Å². The normalized spacial score (nSPS) is 10.7. The smallest absolute Gasteiger partial charge is 0.251 e. The Morgan fingerprint density at radius 3 is 2.52 bits per heavy atom. The first-order valence-corrected chi connectivity index (χ1v) is 8.96. The maximum atomic E-state index is 12.1. The van der Waals surface area contributed by atoms with E-state index in [2.05, 4.69) is 9.88 Å². The first-order valence-electron chi connectivity index (χ1n) is 7.97. The van der Waals surface area contributed by atoms with Gasteiger partial charge in [0.2, 0.25) is 5.91 Å². The molecule has 3 aromatic rings. The molecule has 25 heavy (non-hydrogen) atoms. The summed E-state index contributed by atoms with van der Waals surface area (Å²) in [7, 11) is 0. The van der Waals surface area contributed by atoms with Crippen molar-refractivity contribution in [1.29, 1.82) is 0 Å². The summed E-state index contributed by atoms with van der Waals surface area (Å²) in [6.45, 7) is 1.17. The number of hydrogen-bond acceptors (Lipinski definition) is 3. The van der Waals surface area contributed by atoms with Crippen molar-refractivity contribution in [2.45, 2.75) is 11.4 Å². The Morgan fingerprint density at radius 1 is 1.04 bits per heavy atom. The lowest BCUT2D eigenvalue weighted by Gasteiger charge is -2.07. The molecule has 1 aromatic heterocycles. The lowest BCUT2D eigenvalue weighted by molar-refractivity contribution is -0.115. The summed E-state index contributed by atoms with van der Waals surface area (Å²) in [6, 6.07) is 17.2. The van der Waals surface area contributed by atoms with Crippen molar-refractivity contribution >= 4 is 34.5 Å². The number of nitrogens with one attached hydrogen (secondary N) is 1. The van der Waals surface area contributed by atoms with E-state index >= 15 is 0 Å². The average Bonchev–Trinajstić information content (AvgIpc) is 2.99. The summed E-state index contributed by atoms with van der Waals surface area (Å²) >= 11 is 1.43. The molecule has 6 heteroatoms. The molecule has 0 radical (unpaired) electrons. The molecule has 3 N–H and O–H groups in total. The third-order valence-corrected chi connectivity index (χ3v) is 4.86. The summed E-state index contributed by atoms with van der Waals surface area (Å²) in [4.78, 5) is 24.2. The minimum Gasteiger partial charge on any atom is -0.369 e. The van der Waals surface area contributed by atoms with Gasteiger partial charge >= 0.3 is 0 Å². The van der Waals surface area contributed by atoms with Gasteiger partial charge in [-0.15, -0.1) is 11.8 Å². The number of thioether (sulfide) groups is 1. The zero-order valence-electron chi connectivity index (χ0n) is 13.6. The van der Waals surface area contributed by atoms with Gasteiger partial charge in [0.25, 0.3) is 5.91 Å². The summed E-state index contributed by atoms with van der Waals surface area (Å²) in [6.07, 6.45) is 2.01. The van der Waals surface area contributed by atoms with Crippen molar-refractivity contribution in [2.75, 3.05) is 12.3 Å². The van der Waals surface area contributed by atoms with Crippen molar-refractivity contribution in [1.82, 2.24) is 9.88 Å². The molecule has 2 aromatic carbocycles. The molecule has 1 heterocycles. The van der Waals surface area contributed by atoms with Gasteiger partial charge in [-0.2, -0.15) is 0 Å². The molecule has 0 unspecified atom stereocenters. The van der Waals surface area contributed by atoms with Crippen molar-refractivity contribution in [3.63, 3.8) is 0 Å². The van der Waals surface area contributed by atoms with Gasteiger partial charge in [0.15, 0.2) is 0 Å². The quantitative estimate of drug-likeness (QED) is 0.641. The van der Waals surface area contributed by atoms with Crippen LogP contribution >= 0.6 is 11.8 Å². The largest absolute Gasteiger partial charge is 0.369 e. The average molecular weight is 353 g/mol. The van der Waals surface area contributed by atoms with Gasteiger partial charge in [0, 0.05) is 40.6 Å². The highest BCUT2D eigenvalue weighted by atomic mass is 32.2. The molecule has 3 rings (SSSR count). The van der Waals surface area contributed by atoms with Crippen molar-refractivity contribution < 1.29 is 9.59 Å². The van der Waals surface area contributed by atoms with Crippen LogP contribution in [0.15, 0.2) is 65.7 Å². The molecule has 2 amide bonds. The van der Waals surface area contributed by atoms with Crippen molar-refractivity contribution in [3.05, 3.63) is 66.4 Å². The number of primary amides is 1. The van der Waals surface area contributed by atoms with Crippen LogP contribution in [0.2, 0.25) is 0 Å². The fraction of sp³-hybridized carbons (Fsp3) is 0.158. The van der Waals surface area contributed by atoms with E-state index in [0.717, 1.165) is 15.8 Å². The van der Waals surface area contributed by atoms with E-state index in [-0.39, 0.29) is 17.6 Å². The molecular formula is C19H19N3O2S. The van der Waals surface area contributed by atoms with E-state index in [0.29, 0.717) is 18.7 Å². The van der Waals surface area contributed by atoms with Gasteiger partial charge < -0.3 is 15.6 Å². The number of fused-ring (bicyclic) bond motifs is 1. The molecule has 0 atom stereocenters. The van der Waals surface area contributed by atoms with Crippen LogP contribution in [0, 0.1) is 0 Å². The van der Waals surface area contributed by atoms with Gasteiger partial charge in [-0.1, -0.05) is 36.4 Å². The number of nitrogens with zero attached hydrogens (tertiary/aromatic N) is 1. The summed E-state index contributed by atoms with van der Waals surface area (Å²) in [5.41, 5.74) is 6.97. The van der Waals surface area contributed by atoms with Crippen LogP contribution in [-0.2, 0) is 11.3 Å². The van der Waals surface area contributed by atoms with Gasteiger partial charge in [-0.3, -0.25) is 9.59 Å². The summed E-state index contributed by atoms with van der Waals surface area (Å²) < 4.78 is 2.09. The summed E-state index contributed by atoms with van der Waals surface area (Å²) in [5, 5.41) is 4.02. The lowest BCUT2D eigenvalue weighted by atomic mass is 10.2. The monoisotopic (exact) mass is 353 g/mol. The molecular weight excluding hydrogens is 334 g/mol. The van der Waals surface area contributed by atoms with Gasteiger partial charge in [-0.25, -0.2) is 0 Å². The minimum absolute atomic E-state index is 0.0830. The third-order valence-electron chi connectivity index (χ3n) is 3.80. The topological polar surface area (TPSA) is 77.1 Å². The Balaban J connectivity index is 1.69. The number of benzene rings is 2. The predicted octanol–water partition coefficient (Wildman–Crippen LogP) is 2.65. The first-order chi connectivity index (χ1) is 12.1. The lowest BCUT2D eigenvalue weighted by Crippen LogP contribution is -2.26. The number of carbonyl (C=O) groups excluding carboxylic acids is 2. The molecule has 0 bridgehead atoms. The number of hydrogen-bond donors (Lipinski definition) is 2. The van der Waals surface area contributed by atoms with Crippen LogP contribution < -0.4 is 11.1 Å². The van der Waals surface area contributed by atoms with Crippen molar-refractivity contribution in [3.8, 4) is 0 Å². The molecule has 0 fully saturated rings. The molecule has 0 saturated heterocycles. The number of aromatic nitrogens is 1. The molecule has 0 saturated carbocycles. The van der Waals surface area contributed by atoms with E-state index in [1.807, 2.05) is 48.7 Å². The second-order valence-corrected chi connectivity index (χ2v) is 6.60. The molecule has 5 nitrogen and oxygen atoms in total. The van der Waals surface area contributed by atoms with Gasteiger partial charge in [-0.05, 0) is 18.2 Å². The number of para-hydroxylation sites is 1. The van der Waals surface area contributed by atoms with E-state index < -0.39 is 0 Å². The zero-order valence-corrected chi connectivity index (χ0v) is 14.5. The third kappa shape index (κ3) is 4.22. The van der Waals surface area contributed by atoms with E-state index in [4.69, 9.17) is 5.73 Å². The van der Waals surface area contributed by atoms with Crippen LogP contribution in [0.25, 0.3) is 10.9 Å². The second kappa shape index (κ2) is 7.90. The molecule has 0 aliphatic heterocycles. The van der Waals surface area contributed by atoms with Crippen LogP contribution in [0.4, 0.5) is 0 Å². The highest BCUT2D eigenvalue weighted by Crippen LogP contribution is 2.29. The van der Waals surface area contributed by atoms with Crippen LogP contribution in [0.3, 0.4) is 0 Å². The highest BCUT2D eigenvalue weighted by Gasteiger charge is 2.10. The first kappa shape index (κ1) is 17.1.